The number of halogens is 1. The van der Waals surface area contributed by atoms with E-state index in [2.05, 4.69) is 0 Å². The van der Waals surface area contributed by atoms with Crippen LogP contribution in [0.5, 0.6) is 0 Å². The van der Waals surface area contributed by atoms with E-state index in [4.69, 9.17) is 4.74 Å². The minimum atomic E-state index is -0.344. The molecule has 0 fully saturated rings. The molecule has 5 nitrogen and oxygen atoms in total. The zero-order valence-corrected chi connectivity index (χ0v) is 19.6. The highest BCUT2D eigenvalue weighted by atomic mass is 32.1. The number of hydrogen-bond donors (Lipinski definition) is 0. The van der Waals surface area contributed by atoms with Gasteiger partial charge in [-0.05, 0) is 41.1 Å². The van der Waals surface area contributed by atoms with Crippen molar-refractivity contribution >= 4 is 23.2 Å². The number of thiophene rings is 1. The number of ether oxygens (including phenoxy) is 1. The molecule has 0 radical (unpaired) electrons. The topological polar surface area (TPSA) is 49.9 Å². The molecule has 2 aromatic carbocycles. The SMILES string of the molecule is COCCCN(CC(=O)N(Cc1ccccc1)Cc1cccs1)C(=O)Cc1ccc(F)cc1. The van der Waals surface area contributed by atoms with Crippen LogP contribution in [-0.2, 0) is 33.8 Å². The maximum Gasteiger partial charge on any atom is 0.242 e. The second kappa shape index (κ2) is 12.9. The predicted octanol–water partition coefficient (Wildman–Crippen LogP) is 4.52. The van der Waals surface area contributed by atoms with Crippen LogP contribution in [-0.4, -0.2) is 48.4 Å². The van der Waals surface area contributed by atoms with Gasteiger partial charge >= 0.3 is 0 Å². The van der Waals surface area contributed by atoms with Crippen LogP contribution >= 0.6 is 11.3 Å². The summed E-state index contributed by atoms with van der Waals surface area (Å²) in [5.74, 6) is -0.623. The molecule has 0 aliphatic carbocycles. The van der Waals surface area contributed by atoms with Crippen molar-refractivity contribution in [1.82, 2.24) is 9.80 Å². The molecule has 7 heteroatoms. The number of carbonyl (C=O) groups excluding carboxylic acids is 2. The van der Waals surface area contributed by atoms with Crippen LogP contribution in [0.2, 0.25) is 0 Å². The first-order valence-corrected chi connectivity index (χ1v) is 11.8. The predicted molar refractivity (Wildman–Crippen MR) is 128 cm³/mol. The standard InChI is InChI=1S/C26H29FN2O3S/c1-32-15-6-14-28(25(30)17-21-10-12-23(27)13-11-21)20-26(31)29(19-24-9-5-16-33-24)18-22-7-3-2-4-8-22/h2-5,7-13,16H,6,14-15,17-20H2,1H3. The Hall–Kier alpha value is -3.03. The Balaban J connectivity index is 1.72. The molecule has 174 valence electrons. The summed E-state index contributed by atoms with van der Waals surface area (Å²) in [6, 6.07) is 19.7. The lowest BCUT2D eigenvalue weighted by Gasteiger charge is -2.28. The third-order valence-corrected chi connectivity index (χ3v) is 6.08. The largest absolute Gasteiger partial charge is 0.385 e. The van der Waals surface area contributed by atoms with Crippen LogP contribution in [0.25, 0.3) is 0 Å². The number of carbonyl (C=O) groups is 2. The van der Waals surface area contributed by atoms with Crippen molar-refractivity contribution in [2.75, 3.05) is 26.8 Å². The summed E-state index contributed by atoms with van der Waals surface area (Å²) in [6.07, 6.45) is 0.743. The highest BCUT2D eigenvalue weighted by Gasteiger charge is 2.22. The Labute approximate surface area is 198 Å². The van der Waals surface area contributed by atoms with Gasteiger partial charge in [0.2, 0.25) is 11.8 Å². The average Bonchev–Trinajstić information content (AvgIpc) is 3.33. The van der Waals surface area contributed by atoms with Crippen LogP contribution in [0.4, 0.5) is 4.39 Å². The van der Waals surface area contributed by atoms with Gasteiger partial charge in [-0.1, -0.05) is 48.5 Å². The molecular formula is C26H29FN2O3S. The Kier molecular flexibility index (Phi) is 9.59. The molecule has 0 N–H and O–H groups in total. The molecule has 1 heterocycles. The molecule has 0 atom stereocenters. The van der Waals surface area contributed by atoms with Gasteiger partial charge in [0.05, 0.1) is 19.5 Å². The highest BCUT2D eigenvalue weighted by molar-refractivity contribution is 7.09. The molecule has 3 rings (SSSR count). The van der Waals surface area contributed by atoms with Crippen molar-refractivity contribution < 1.29 is 18.7 Å². The van der Waals surface area contributed by atoms with E-state index < -0.39 is 0 Å². The smallest absolute Gasteiger partial charge is 0.242 e. The first-order chi connectivity index (χ1) is 16.0. The van der Waals surface area contributed by atoms with E-state index in [1.165, 1.54) is 12.1 Å². The molecule has 0 bridgehead atoms. The first-order valence-electron chi connectivity index (χ1n) is 10.9. The van der Waals surface area contributed by atoms with Gasteiger partial charge in [-0.2, -0.15) is 0 Å². The summed E-state index contributed by atoms with van der Waals surface area (Å²) in [7, 11) is 1.61. The van der Waals surface area contributed by atoms with Crippen LogP contribution in [0.3, 0.4) is 0 Å². The Morgan fingerprint density at radius 2 is 1.64 bits per heavy atom. The van der Waals surface area contributed by atoms with Crippen molar-refractivity contribution in [3.05, 3.63) is 93.9 Å². The Morgan fingerprint density at radius 1 is 0.879 bits per heavy atom. The first kappa shape index (κ1) is 24.6. The fourth-order valence-electron chi connectivity index (χ4n) is 3.47. The summed E-state index contributed by atoms with van der Waals surface area (Å²) < 4.78 is 18.4. The summed E-state index contributed by atoms with van der Waals surface area (Å²) in [5, 5.41) is 1.99. The third kappa shape index (κ3) is 8.11. The quantitative estimate of drug-likeness (QED) is 0.367. The van der Waals surface area contributed by atoms with Crippen LogP contribution < -0.4 is 0 Å². The molecule has 1 aromatic heterocycles. The molecular weight excluding hydrogens is 439 g/mol. The van der Waals surface area contributed by atoms with Gasteiger partial charge in [0.1, 0.15) is 5.82 Å². The van der Waals surface area contributed by atoms with E-state index >= 15 is 0 Å². The van der Waals surface area contributed by atoms with Gasteiger partial charge in [0, 0.05) is 31.7 Å². The maximum absolute atomic E-state index is 13.4. The minimum absolute atomic E-state index is 0.0120. The second-order valence-electron chi connectivity index (χ2n) is 7.78. The van der Waals surface area contributed by atoms with Crippen molar-refractivity contribution in [2.24, 2.45) is 0 Å². The molecule has 0 saturated heterocycles. The normalized spacial score (nSPS) is 10.7. The van der Waals surface area contributed by atoms with E-state index in [9.17, 15) is 14.0 Å². The Morgan fingerprint density at radius 3 is 2.30 bits per heavy atom. The van der Waals surface area contributed by atoms with Crippen LogP contribution in [0.15, 0.2) is 72.1 Å². The van der Waals surface area contributed by atoms with E-state index in [1.54, 1.807) is 40.4 Å². The van der Waals surface area contributed by atoms with Gasteiger partial charge in [0.15, 0.2) is 0 Å². The number of nitrogens with zero attached hydrogens (tertiary/aromatic N) is 2. The molecule has 0 saturated carbocycles. The van der Waals surface area contributed by atoms with Crippen molar-refractivity contribution in [3.63, 3.8) is 0 Å². The molecule has 2 amide bonds. The number of amides is 2. The minimum Gasteiger partial charge on any atom is -0.385 e. The lowest BCUT2D eigenvalue weighted by molar-refractivity contribution is -0.141. The summed E-state index contributed by atoms with van der Waals surface area (Å²) in [6.45, 7) is 1.86. The van der Waals surface area contributed by atoms with E-state index in [1.807, 2.05) is 47.8 Å². The lowest BCUT2D eigenvalue weighted by atomic mass is 10.1. The van der Waals surface area contributed by atoms with E-state index in [0.717, 1.165) is 10.4 Å². The fraction of sp³-hybridized carbons (Fsp3) is 0.308. The molecule has 33 heavy (non-hydrogen) atoms. The van der Waals surface area contributed by atoms with Crippen molar-refractivity contribution in [1.29, 1.82) is 0 Å². The van der Waals surface area contributed by atoms with Gasteiger partial charge in [-0.3, -0.25) is 9.59 Å². The molecule has 0 aliphatic rings. The van der Waals surface area contributed by atoms with Gasteiger partial charge in [0.25, 0.3) is 0 Å². The summed E-state index contributed by atoms with van der Waals surface area (Å²) in [5.41, 5.74) is 1.75. The molecule has 0 aliphatic heterocycles. The number of benzene rings is 2. The molecule has 0 unspecified atom stereocenters. The maximum atomic E-state index is 13.4. The average molecular weight is 469 g/mol. The zero-order chi connectivity index (χ0) is 23.5. The highest BCUT2D eigenvalue weighted by Crippen LogP contribution is 2.16. The van der Waals surface area contributed by atoms with Crippen molar-refractivity contribution in [2.45, 2.75) is 25.9 Å². The second-order valence-corrected chi connectivity index (χ2v) is 8.81. The number of hydrogen-bond acceptors (Lipinski definition) is 4. The third-order valence-electron chi connectivity index (χ3n) is 5.22. The van der Waals surface area contributed by atoms with E-state index in [0.29, 0.717) is 38.2 Å². The van der Waals surface area contributed by atoms with Crippen molar-refractivity contribution in [3.8, 4) is 0 Å². The van der Waals surface area contributed by atoms with Gasteiger partial charge in [-0.15, -0.1) is 11.3 Å². The molecule has 0 spiro atoms. The lowest BCUT2D eigenvalue weighted by Crippen LogP contribution is -2.43. The summed E-state index contributed by atoms with van der Waals surface area (Å²) >= 11 is 1.60. The van der Waals surface area contributed by atoms with Crippen LogP contribution in [0.1, 0.15) is 22.4 Å². The fourth-order valence-corrected chi connectivity index (χ4v) is 4.19. The number of methoxy groups -OCH3 is 1. The molecule has 3 aromatic rings. The van der Waals surface area contributed by atoms with E-state index in [-0.39, 0.29) is 30.6 Å². The summed E-state index contributed by atoms with van der Waals surface area (Å²) in [4.78, 5) is 30.9. The Bertz CT molecular complexity index is 994. The number of rotatable bonds is 12. The van der Waals surface area contributed by atoms with Crippen LogP contribution in [0, 0.1) is 5.82 Å². The monoisotopic (exact) mass is 468 g/mol. The van der Waals surface area contributed by atoms with Gasteiger partial charge < -0.3 is 14.5 Å². The zero-order valence-electron chi connectivity index (χ0n) is 18.8. The van der Waals surface area contributed by atoms with Gasteiger partial charge in [-0.25, -0.2) is 4.39 Å².